The van der Waals surface area contributed by atoms with E-state index in [9.17, 15) is 9.59 Å². The maximum atomic E-state index is 12.3. The molecular weight excluding hydrogens is 334 g/mol. The second-order valence-electron chi connectivity index (χ2n) is 5.64. The third kappa shape index (κ3) is 4.27. The number of amides is 2. The van der Waals surface area contributed by atoms with Crippen LogP contribution in [0.2, 0.25) is 0 Å². The van der Waals surface area contributed by atoms with Gasteiger partial charge in [-0.3, -0.25) is 9.59 Å². The lowest BCUT2D eigenvalue weighted by atomic mass is 10.1. The van der Waals surface area contributed by atoms with Crippen molar-refractivity contribution in [1.29, 1.82) is 0 Å². The van der Waals surface area contributed by atoms with Crippen LogP contribution in [0.1, 0.15) is 30.6 Å². The number of pyridine rings is 1. The minimum atomic E-state index is -0.0223. The van der Waals surface area contributed by atoms with Gasteiger partial charge < -0.3 is 9.80 Å². The zero-order valence-corrected chi connectivity index (χ0v) is 14.0. The van der Waals surface area contributed by atoms with Crippen LogP contribution in [0.25, 0.3) is 0 Å². The highest BCUT2D eigenvalue weighted by Gasteiger charge is 2.25. The summed E-state index contributed by atoms with van der Waals surface area (Å²) in [6.07, 6.45) is 2.15. The Morgan fingerprint density at radius 2 is 1.81 bits per heavy atom. The normalized spacial score (nSPS) is 15.4. The van der Waals surface area contributed by atoms with E-state index in [1.54, 1.807) is 23.2 Å². The molecule has 0 bridgehead atoms. The largest absolute Gasteiger partial charge is 0.339 e. The fourth-order valence-electron chi connectivity index (χ4n) is 2.32. The smallest absolute Gasteiger partial charge is 0.255 e. The number of hydrogen-bond acceptors (Lipinski definition) is 3. The first kappa shape index (κ1) is 15.9. The number of carbonyl (C=O) groups is 2. The van der Waals surface area contributed by atoms with E-state index < -0.39 is 0 Å². The molecule has 0 atom stereocenters. The molecule has 1 aromatic heterocycles. The van der Waals surface area contributed by atoms with Crippen LogP contribution in [0.3, 0.4) is 0 Å². The van der Waals surface area contributed by atoms with Gasteiger partial charge in [-0.1, -0.05) is 13.8 Å². The van der Waals surface area contributed by atoms with E-state index in [1.807, 2.05) is 18.7 Å². The molecule has 1 fully saturated rings. The number of halogens is 1. The van der Waals surface area contributed by atoms with Crippen LogP contribution in [0.15, 0.2) is 22.9 Å². The number of nitrogens with zero attached hydrogens (tertiary/aromatic N) is 3. The van der Waals surface area contributed by atoms with Gasteiger partial charge in [0.25, 0.3) is 5.91 Å². The van der Waals surface area contributed by atoms with Crippen molar-refractivity contribution < 1.29 is 9.59 Å². The minimum Gasteiger partial charge on any atom is -0.339 e. The topological polar surface area (TPSA) is 53.5 Å². The van der Waals surface area contributed by atoms with Crippen molar-refractivity contribution in [3.05, 3.63) is 28.5 Å². The lowest BCUT2D eigenvalue weighted by molar-refractivity contribution is -0.133. The molecule has 0 N–H and O–H groups in total. The Morgan fingerprint density at radius 3 is 2.33 bits per heavy atom. The Bertz CT molecular complexity index is 508. The summed E-state index contributed by atoms with van der Waals surface area (Å²) in [6.45, 7) is 6.47. The third-order valence-electron chi connectivity index (χ3n) is 3.48. The van der Waals surface area contributed by atoms with Crippen LogP contribution >= 0.6 is 15.9 Å². The van der Waals surface area contributed by atoms with Gasteiger partial charge in [0.15, 0.2) is 0 Å². The lowest BCUT2D eigenvalue weighted by Gasteiger charge is -2.35. The summed E-state index contributed by atoms with van der Waals surface area (Å²) in [7, 11) is 0. The SMILES string of the molecule is CC(C)CC(=O)N1CCN(C(=O)c2ccc(Br)nc2)CC1. The first-order valence-electron chi connectivity index (χ1n) is 7.16. The van der Waals surface area contributed by atoms with Crippen molar-refractivity contribution in [2.45, 2.75) is 20.3 Å². The van der Waals surface area contributed by atoms with Crippen molar-refractivity contribution in [3.63, 3.8) is 0 Å². The molecule has 0 aromatic carbocycles. The van der Waals surface area contributed by atoms with E-state index in [0.717, 1.165) is 0 Å². The zero-order chi connectivity index (χ0) is 15.4. The van der Waals surface area contributed by atoms with Crippen LogP contribution in [0, 0.1) is 5.92 Å². The molecule has 0 radical (unpaired) electrons. The highest BCUT2D eigenvalue weighted by molar-refractivity contribution is 9.10. The molecule has 2 amide bonds. The van der Waals surface area contributed by atoms with Crippen LogP contribution < -0.4 is 0 Å². The molecule has 1 aromatic rings. The van der Waals surface area contributed by atoms with E-state index in [2.05, 4.69) is 20.9 Å². The monoisotopic (exact) mass is 353 g/mol. The number of carbonyl (C=O) groups excluding carboxylic acids is 2. The first-order chi connectivity index (χ1) is 9.97. The molecule has 21 heavy (non-hydrogen) atoms. The summed E-state index contributed by atoms with van der Waals surface area (Å²) < 4.78 is 0.711. The Labute approximate surface area is 133 Å². The molecule has 0 unspecified atom stereocenters. The molecule has 114 valence electrons. The average molecular weight is 354 g/mol. The third-order valence-corrected chi connectivity index (χ3v) is 3.95. The lowest BCUT2D eigenvalue weighted by Crippen LogP contribution is -2.50. The summed E-state index contributed by atoms with van der Waals surface area (Å²) in [5.41, 5.74) is 0.583. The quantitative estimate of drug-likeness (QED) is 0.782. The van der Waals surface area contributed by atoms with Crippen LogP contribution in [-0.2, 0) is 4.79 Å². The molecule has 2 rings (SSSR count). The molecule has 0 saturated carbocycles. The Kier molecular flexibility index (Phi) is 5.33. The minimum absolute atomic E-state index is 0.0223. The first-order valence-corrected chi connectivity index (χ1v) is 7.95. The molecular formula is C15H20BrN3O2. The highest BCUT2D eigenvalue weighted by Crippen LogP contribution is 2.12. The molecule has 0 aliphatic carbocycles. The van der Waals surface area contributed by atoms with Crippen molar-refractivity contribution in [2.24, 2.45) is 5.92 Å². The van der Waals surface area contributed by atoms with Crippen LogP contribution in [-0.4, -0.2) is 52.8 Å². The zero-order valence-electron chi connectivity index (χ0n) is 12.4. The summed E-state index contributed by atoms with van der Waals surface area (Å²) in [5.74, 6) is 0.527. The van der Waals surface area contributed by atoms with Crippen molar-refractivity contribution >= 4 is 27.7 Å². The van der Waals surface area contributed by atoms with E-state index in [0.29, 0.717) is 48.7 Å². The van der Waals surface area contributed by atoms with Gasteiger partial charge in [0.2, 0.25) is 5.91 Å². The molecule has 5 nitrogen and oxygen atoms in total. The number of piperazine rings is 1. The van der Waals surface area contributed by atoms with Crippen molar-refractivity contribution in [3.8, 4) is 0 Å². The second-order valence-corrected chi connectivity index (χ2v) is 6.45. The van der Waals surface area contributed by atoms with Gasteiger partial charge in [-0.25, -0.2) is 4.98 Å². The predicted octanol–water partition coefficient (Wildman–Crippen LogP) is 2.17. The fourth-order valence-corrected chi connectivity index (χ4v) is 2.56. The van der Waals surface area contributed by atoms with Gasteiger partial charge >= 0.3 is 0 Å². The Hall–Kier alpha value is -1.43. The standard InChI is InChI=1S/C15H20BrN3O2/c1-11(2)9-14(20)18-5-7-19(8-6-18)15(21)12-3-4-13(16)17-10-12/h3-4,10-11H,5-9H2,1-2H3. The van der Waals surface area contributed by atoms with E-state index in [4.69, 9.17) is 0 Å². The van der Waals surface area contributed by atoms with E-state index in [1.165, 1.54) is 0 Å². The molecule has 2 heterocycles. The summed E-state index contributed by atoms with van der Waals surface area (Å²) in [6, 6.07) is 3.52. The summed E-state index contributed by atoms with van der Waals surface area (Å²) >= 11 is 3.25. The number of rotatable bonds is 3. The molecule has 0 spiro atoms. The van der Waals surface area contributed by atoms with E-state index in [-0.39, 0.29) is 11.8 Å². The number of hydrogen-bond donors (Lipinski definition) is 0. The van der Waals surface area contributed by atoms with Crippen LogP contribution in [0.4, 0.5) is 0 Å². The fraction of sp³-hybridized carbons (Fsp3) is 0.533. The van der Waals surface area contributed by atoms with Gasteiger partial charge in [0.05, 0.1) is 5.56 Å². The van der Waals surface area contributed by atoms with Gasteiger partial charge in [0, 0.05) is 38.8 Å². The highest BCUT2D eigenvalue weighted by atomic mass is 79.9. The summed E-state index contributed by atoms with van der Waals surface area (Å²) in [5, 5.41) is 0. The van der Waals surface area contributed by atoms with Gasteiger partial charge in [0.1, 0.15) is 4.60 Å². The van der Waals surface area contributed by atoms with Crippen molar-refractivity contribution in [2.75, 3.05) is 26.2 Å². The van der Waals surface area contributed by atoms with E-state index >= 15 is 0 Å². The van der Waals surface area contributed by atoms with Gasteiger partial charge in [-0.2, -0.15) is 0 Å². The molecule has 6 heteroatoms. The van der Waals surface area contributed by atoms with Crippen LogP contribution in [0.5, 0.6) is 0 Å². The molecule has 1 aliphatic rings. The summed E-state index contributed by atoms with van der Waals surface area (Å²) in [4.78, 5) is 32.0. The maximum absolute atomic E-state index is 12.3. The predicted molar refractivity (Wildman–Crippen MR) is 83.9 cm³/mol. The van der Waals surface area contributed by atoms with Crippen molar-refractivity contribution in [1.82, 2.24) is 14.8 Å². The Balaban J connectivity index is 1.90. The maximum Gasteiger partial charge on any atom is 0.255 e. The van der Waals surface area contributed by atoms with Gasteiger partial charge in [-0.15, -0.1) is 0 Å². The molecule has 1 aliphatic heterocycles. The average Bonchev–Trinajstić information content (AvgIpc) is 2.47. The second kappa shape index (κ2) is 7.02. The molecule has 1 saturated heterocycles. The Morgan fingerprint density at radius 1 is 1.19 bits per heavy atom. The van der Waals surface area contributed by atoms with Gasteiger partial charge in [-0.05, 0) is 34.0 Å². The number of aromatic nitrogens is 1.